The predicted molar refractivity (Wildman–Crippen MR) is 210 cm³/mol. The van der Waals surface area contributed by atoms with Gasteiger partial charge >= 0.3 is 24.2 Å². The number of carbonyl (C=O) groups is 5. The molecule has 0 bridgehead atoms. The van der Waals surface area contributed by atoms with E-state index in [0.29, 0.717) is 36.4 Å². The number of piperazine rings is 1. The summed E-state index contributed by atoms with van der Waals surface area (Å²) in [6.07, 6.45) is -0.426. The molecule has 1 fully saturated rings. The number of halogens is 1. The quantitative estimate of drug-likeness (QED) is 0.172. The van der Waals surface area contributed by atoms with Crippen molar-refractivity contribution in [3.05, 3.63) is 117 Å². The highest BCUT2D eigenvalue weighted by Crippen LogP contribution is 2.35. The van der Waals surface area contributed by atoms with E-state index in [1.807, 2.05) is 32.0 Å². The van der Waals surface area contributed by atoms with Gasteiger partial charge in [0.1, 0.15) is 30.6 Å². The Morgan fingerprint density at radius 3 is 2.20 bits per heavy atom. The lowest BCUT2D eigenvalue weighted by atomic mass is 10.0. The minimum Gasteiger partial charge on any atom is -0.477 e. The summed E-state index contributed by atoms with van der Waals surface area (Å²) in [4.78, 5) is 81.2. The summed E-state index contributed by atoms with van der Waals surface area (Å²) in [6, 6.07) is 16.9. The average Bonchev–Trinajstić information content (AvgIpc) is 3.77. The van der Waals surface area contributed by atoms with Crippen LogP contribution in [-0.4, -0.2) is 90.5 Å². The molecular weight excluding hydrogens is 767 g/mol. The fourth-order valence-corrected chi connectivity index (χ4v) is 7.22. The van der Waals surface area contributed by atoms with E-state index in [0.717, 1.165) is 16.5 Å². The molecule has 4 amide bonds. The summed E-state index contributed by atoms with van der Waals surface area (Å²) >= 11 is 0. The lowest BCUT2D eigenvalue weighted by Crippen LogP contribution is -2.49. The van der Waals surface area contributed by atoms with E-state index in [4.69, 9.17) is 9.47 Å². The van der Waals surface area contributed by atoms with E-state index < -0.39 is 52.9 Å². The minimum absolute atomic E-state index is 0.0202. The number of ether oxygens (including phenoxy) is 2. The second kappa shape index (κ2) is 16.8. The van der Waals surface area contributed by atoms with Crippen LogP contribution >= 0.6 is 0 Å². The molecule has 2 N–H and O–H groups in total. The number of rotatable bonds is 11. The summed E-state index contributed by atoms with van der Waals surface area (Å²) in [5, 5.41) is 20.4. The number of carboxylic acids is 1. The number of aromatic carboxylic acids is 1. The number of aromatic nitrogens is 4. The van der Waals surface area contributed by atoms with Gasteiger partial charge in [0.2, 0.25) is 11.3 Å². The maximum absolute atomic E-state index is 15.3. The standard InChI is InChI=1S/C41H41FN8O9/c1-4-46-21-29(38(53)54)36(52)28-18-30(42)32(19-31(28)46)47-14-16-48(17-15-47)40(56)58-23-26-10-12-27(13-11-26)43-34(51)20-33-44-45-37-35(24(2)3)50(39(55)49(33)37)41(57)59-22-25-8-6-5-7-9-25/h5-13,18-19,21,24,35H,4,14-17,20,22-23H2,1-3H3,(H,43,51)(H,53,54)/t35-/m0/s1. The van der Waals surface area contributed by atoms with Crippen LogP contribution in [0.25, 0.3) is 10.9 Å². The monoisotopic (exact) mass is 808 g/mol. The highest BCUT2D eigenvalue weighted by atomic mass is 19.1. The van der Waals surface area contributed by atoms with Crippen LogP contribution in [0.2, 0.25) is 0 Å². The molecule has 59 heavy (non-hydrogen) atoms. The van der Waals surface area contributed by atoms with Crippen LogP contribution in [0.5, 0.6) is 0 Å². The molecule has 1 saturated heterocycles. The van der Waals surface area contributed by atoms with E-state index >= 15 is 4.39 Å². The number of pyridine rings is 1. The van der Waals surface area contributed by atoms with Crippen LogP contribution in [0.4, 0.5) is 30.1 Å². The third kappa shape index (κ3) is 8.19. The Labute approximate surface area is 336 Å². The zero-order valence-electron chi connectivity index (χ0n) is 32.5. The molecule has 306 valence electrons. The van der Waals surface area contributed by atoms with Crippen molar-refractivity contribution in [2.24, 2.45) is 5.92 Å². The molecule has 5 aromatic rings. The normalized spacial score (nSPS) is 15.1. The van der Waals surface area contributed by atoms with Gasteiger partial charge in [0.05, 0.1) is 17.6 Å². The van der Waals surface area contributed by atoms with Gasteiger partial charge in [-0.2, -0.15) is 0 Å². The first-order valence-electron chi connectivity index (χ1n) is 19.0. The molecular formula is C41H41FN8O9. The Balaban J connectivity index is 0.906. The number of nitrogens with one attached hydrogen (secondary N) is 1. The van der Waals surface area contributed by atoms with Gasteiger partial charge in [0.15, 0.2) is 11.6 Å². The molecule has 2 aromatic heterocycles. The van der Waals surface area contributed by atoms with Crippen molar-refractivity contribution in [2.45, 2.75) is 53.0 Å². The Kier molecular flexibility index (Phi) is 11.4. The summed E-state index contributed by atoms with van der Waals surface area (Å²) < 4.78 is 29.0. The number of nitrogens with zero attached hydrogens (tertiary/aromatic N) is 7. The van der Waals surface area contributed by atoms with Crippen molar-refractivity contribution in [1.82, 2.24) is 29.1 Å². The molecule has 3 aromatic carbocycles. The first-order chi connectivity index (χ1) is 28.3. The van der Waals surface area contributed by atoms with E-state index in [2.05, 4.69) is 15.5 Å². The summed E-state index contributed by atoms with van der Waals surface area (Å²) in [5.41, 5.74) is 1.32. The predicted octanol–water partition coefficient (Wildman–Crippen LogP) is 5.41. The molecule has 2 aliphatic rings. The smallest absolute Gasteiger partial charge is 0.419 e. The maximum atomic E-state index is 15.3. The zero-order valence-corrected chi connectivity index (χ0v) is 32.5. The first kappa shape index (κ1) is 40.1. The number of carbonyl (C=O) groups excluding carboxylic acids is 4. The van der Waals surface area contributed by atoms with Crippen LogP contribution < -0.4 is 15.6 Å². The third-order valence-corrected chi connectivity index (χ3v) is 10.2. The van der Waals surface area contributed by atoms with Crippen molar-refractivity contribution in [3.8, 4) is 0 Å². The van der Waals surface area contributed by atoms with Crippen LogP contribution in [0, 0.1) is 11.7 Å². The minimum atomic E-state index is -1.38. The Bertz CT molecular complexity index is 2500. The molecule has 0 unspecified atom stereocenters. The zero-order chi connectivity index (χ0) is 42.0. The van der Waals surface area contributed by atoms with Crippen molar-refractivity contribution >= 4 is 52.4 Å². The largest absolute Gasteiger partial charge is 0.477 e. The molecule has 2 aliphatic heterocycles. The van der Waals surface area contributed by atoms with Gasteiger partial charge in [-0.25, -0.2) is 33.0 Å². The number of anilines is 2. The number of hydrogen-bond acceptors (Lipinski definition) is 11. The van der Waals surface area contributed by atoms with Crippen molar-refractivity contribution in [2.75, 3.05) is 36.4 Å². The average molecular weight is 809 g/mol. The van der Waals surface area contributed by atoms with E-state index in [9.17, 15) is 33.9 Å². The van der Waals surface area contributed by atoms with Gasteiger partial charge in [-0.15, -0.1) is 10.2 Å². The van der Waals surface area contributed by atoms with Gasteiger partial charge in [-0.1, -0.05) is 56.3 Å². The lowest BCUT2D eigenvalue weighted by molar-refractivity contribution is -0.115. The maximum Gasteiger partial charge on any atom is 0.419 e. The topological polar surface area (TPSA) is 198 Å². The Morgan fingerprint density at radius 1 is 0.898 bits per heavy atom. The fraction of sp³-hybridized carbons (Fsp3) is 0.317. The number of carboxylic acid groups (broad SMARTS) is 1. The summed E-state index contributed by atoms with van der Waals surface area (Å²) in [6.45, 7) is 6.84. The van der Waals surface area contributed by atoms with Crippen LogP contribution in [-0.2, 0) is 40.4 Å². The van der Waals surface area contributed by atoms with Crippen molar-refractivity contribution < 1.29 is 42.9 Å². The number of amides is 4. The van der Waals surface area contributed by atoms with Crippen molar-refractivity contribution in [3.63, 3.8) is 0 Å². The highest BCUT2D eigenvalue weighted by Gasteiger charge is 2.47. The van der Waals surface area contributed by atoms with E-state index in [1.165, 1.54) is 21.7 Å². The number of aryl methyl sites for hydroxylation is 1. The molecule has 0 aliphatic carbocycles. The van der Waals surface area contributed by atoms with Gasteiger partial charge in [-0.05, 0) is 48.2 Å². The number of imide groups is 1. The second-order valence-electron chi connectivity index (χ2n) is 14.4. The SMILES string of the molecule is CCn1cc(C(=O)O)c(=O)c2cc(F)c(N3CCN(C(=O)OCc4ccc(NC(=O)Cc5nnc6n5C(=O)N(C(=O)OCc5ccccc5)[C@H]6C(C)C)cc4)CC3)cc21. The van der Waals surface area contributed by atoms with Crippen molar-refractivity contribution in [1.29, 1.82) is 0 Å². The third-order valence-electron chi connectivity index (χ3n) is 10.2. The van der Waals surface area contributed by atoms with Gasteiger partial charge in [0.25, 0.3) is 0 Å². The molecule has 17 nitrogen and oxygen atoms in total. The van der Waals surface area contributed by atoms with Crippen LogP contribution in [0.1, 0.15) is 59.9 Å². The number of fused-ring (bicyclic) bond motifs is 2. The van der Waals surface area contributed by atoms with Crippen LogP contribution in [0.3, 0.4) is 0 Å². The van der Waals surface area contributed by atoms with Gasteiger partial charge < -0.3 is 34.3 Å². The molecule has 4 heterocycles. The summed E-state index contributed by atoms with van der Waals surface area (Å²) in [7, 11) is 0. The fourth-order valence-electron chi connectivity index (χ4n) is 7.22. The molecule has 0 saturated carbocycles. The highest BCUT2D eigenvalue weighted by molar-refractivity contribution is 5.97. The number of benzene rings is 3. The van der Waals surface area contributed by atoms with Gasteiger partial charge in [-0.3, -0.25) is 9.59 Å². The molecule has 0 spiro atoms. The molecule has 1 atom stereocenters. The van der Waals surface area contributed by atoms with E-state index in [1.54, 1.807) is 52.8 Å². The summed E-state index contributed by atoms with van der Waals surface area (Å²) in [5.74, 6) is -2.43. The molecule has 0 radical (unpaired) electrons. The molecule has 18 heteroatoms. The Morgan fingerprint density at radius 2 is 1.56 bits per heavy atom. The Hall–Kier alpha value is -7.11. The first-order valence-corrected chi connectivity index (χ1v) is 19.0. The lowest BCUT2D eigenvalue weighted by Gasteiger charge is -2.35. The molecule has 7 rings (SSSR count). The number of hydrogen-bond donors (Lipinski definition) is 2. The second-order valence-corrected chi connectivity index (χ2v) is 14.4. The van der Waals surface area contributed by atoms with E-state index in [-0.39, 0.29) is 61.4 Å². The van der Waals surface area contributed by atoms with Gasteiger partial charge in [0, 0.05) is 50.0 Å². The van der Waals surface area contributed by atoms with Crippen LogP contribution in [0.15, 0.2) is 77.7 Å².